The summed E-state index contributed by atoms with van der Waals surface area (Å²) in [7, 11) is 3.21. The van der Waals surface area contributed by atoms with Crippen LogP contribution < -0.4 is 14.8 Å². The summed E-state index contributed by atoms with van der Waals surface area (Å²) in [6, 6.07) is 5.88. The monoisotopic (exact) mass is 362 g/mol. The SMILES string of the molecule is CCCC(=O)N1CCC(NC(=O)CCc2ccc(OC)c(OC)c2)CC1. The van der Waals surface area contributed by atoms with Gasteiger partial charge in [-0.3, -0.25) is 9.59 Å². The normalized spacial score (nSPS) is 14.8. The zero-order chi connectivity index (χ0) is 18.9. The zero-order valence-electron chi connectivity index (χ0n) is 16.0. The Labute approximate surface area is 155 Å². The maximum atomic E-state index is 12.2. The third-order valence-electron chi connectivity index (χ3n) is 4.77. The van der Waals surface area contributed by atoms with Crippen LogP contribution in [0.4, 0.5) is 0 Å². The molecule has 1 aliphatic rings. The van der Waals surface area contributed by atoms with Gasteiger partial charge in [-0.15, -0.1) is 0 Å². The third-order valence-corrected chi connectivity index (χ3v) is 4.77. The molecular weight excluding hydrogens is 332 g/mol. The van der Waals surface area contributed by atoms with Gasteiger partial charge in [-0.25, -0.2) is 0 Å². The number of nitrogens with zero attached hydrogens (tertiary/aromatic N) is 1. The average molecular weight is 362 g/mol. The summed E-state index contributed by atoms with van der Waals surface area (Å²) in [6.07, 6.45) is 4.24. The minimum Gasteiger partial charge on any atom is -0.493 e. The summed E-state index contributed by atoms with van der Waals surface area (Å²) in [5.74, 6) is 1.64. The first-order chi connectivity index (χ1) is 12.6. The van der Waals surface area contributed by atoms with E-state index in [9.17, 15) is 9.59 Å². The lowest BCUT2D eigenvalue weighted by Gasteiger charge is -2.32. The Kier molecular flexibility index (Phi) is 7.75. The Hall–Kier alpha value is -2.24. The van der Waals surface area contributed by atoms with Crippen molar-refractivity contribution in [3.05, 3.63) is 23.8 Å². The van der Waals surface area contributed by atoms with Crippen molar-refractivity contribution in [2.24, 2.45) is 0 Å². The van der Waals surface area contributed by atoms with Gasteiger partial charge in [0, 0.05) is 32.0 Å². The van der Waals surface area contributed by atoms with E-state index in [1.165, 1.54) is 0 Å². The Bertz CT molecular complexity index is 610. The first-order valence-electron chi connectivity index (χ1n) is 9.35. The van der Waals surface area contributed by atoms with Crippen LogP contribution in [0.3, 0.4) is 0 Å². The molecule has 2 rings (SSSR count). The van der Waals surface area contributed by atoms with Crippen LogP contribution in [0, 0.1) is 0 Å². The van der Waals surface area contributed by atoms with Crippen LogP contribution in [0.5, 0.6) is 11.5 Å². The van der Waals surface area contributed by atoms with Gasteiger partial charge in [0.15, 0.2) is 11.5 Å². The molecule has 0 spiro atoms. The van der Waals surface area contributed by atoms with Crippen molar-refractivity contribution < 1.29 is 19.1 Å². The number of nitrogens with one attached hydrogen (secondary N) is 1. The third kappa shape index (κ3) is 5.64. The molecule has 6 heteroatoms. The van der Waals surface area contributed by atoms with Crippen molar-refractivity contribution >= 4 is 11.8 Å². The van der Waals surface area contributed by atoms with Gasteiger partial charge in [0.25, 0.3) is 0 Å². The Morgan fingerprint density at radius 2 is 1.81 bits per heavy atom. The molecule has 26 heavy (non-hydrogen) atoms. The number of hydrogen-bond donors (Lipinski definition) is 1. The molecule has 0 aromatic heterocycles. The lowest BCUT2D eigenvalue weighted by molar-refractivity contribution is -0.132. The minimum atomic E-state index is 0.0538. The smallest absolute Gasteiger partial charge is 0.222 e. The van der Waals surface area contributed by atoms with Crippen LogP contribution in [0.25, 0.3) is 0 Å². The predicted molar refractivity (Wildman–Crippen MR) is 101 cm³/mol. The summed E-state index contributed by atoms with van der Waals surface area (Å²) in [5.41, 5.74) is 1.04. The highest BCUT2D eigenvalue weighted by Gasteiger charge is 2.23. The zero-order valence-corrected chi connectivity index (χ0v) is 16.0. The molecule has 1 N–H and O–H groups in total. The van der Waals surface area contributed by atoms with Crippen molar-refractivity contribution in [3.63, 3.8) is 0 Å². The van der Waals surface area contributed by atoms with Crippen LogP contribution in [-0.2, 0) is 16.0 Å². The molecule has 144 valence electrons. The van der Waals surface area contributed by atoms with Gasteiger partial charge >= 0.3 is 0 Å². The summed E-state index contributed by atoms with van der Waals surface area (Å²) in [4.78, 5) is 26.0. The highest BCUT2D eigenvalue weighted by molar-refractivity contribution is 5.77. The number of benzene rings is 1. The average Bonchev–Trinajstić information content (AvgIpc) is 2.66. The topological polar surface area (TPSA) is 67.9 Å². The molecule has 1 fully saturated rings. The fraction of sp³-hybridized carbons (Fsp3) is 0.600. The molecule has 1 heterocycles. The van der Waals surface area contributed by atoms with E-state index in [0.717, 1.165) is 37.9 Å². The first kappa shape index (κ1) is 20.1. The van der Waals surface area contributed by atoms with Gasteiger partial charge < -0.3 is 19.7 Å². The second-order valence-electron chi connectivity index (χ2n) is 6.66. The van der Waals surface area contributed by atoms with Crippen LogP contribution in [-0.4, -0.2) is 50.1 Å². The van der Waals surface area contributed by atoms with E-state index in [1.54, 1.807) is 14.2 Å². The van der Waals surface area contributed by atoms with Gasteiger partial charge in [-0.1, -0.05) is 13.0 Å². The van der Waals surface area contributed by atoms with Crippen LogP contribution in [0.15, 0.2) is 18.2 Å². The van der Waals surface area contributed by atoms with Gasteiger partial charge in [-0.2, -0.15) is 0 Å². The van der Waals surface area contributed by atoms with E-state index < -0.39 is 0 Å². The number of likely N-dealkylation sites (tertiary alicyclic amines) is 1. The number of rotatable bonds is 8. The van der Waals surface area contributed by atoms with Crippen LogP contribution in [0.2, 0.25) is 0 Å². The van der Waals surface area contributed by atoms with Crippen molar-refractivity contribution in [2.75, 3.05) is 27.3 Å². The van der Waals surface area contributed by atoms with Crippen molar-refractivity contribution in [3.8, 4) is 11.5 Å². The van der Waals surface area contributed by atoms with Gasteiger partial charge in [0.2, 0.25) is 11.8 Å². The second-order valence-corrected chi connectivity index (χ2v) is 6.66. The van der Waals surface area contributed by atoms with Gasteiger partial charge in [0.1, 0.15) is 0 Å². The number of hydrogen-bond acceptors (Lipinski definition) is 4. The number of aryl methyl sites for hydroxylation is 1. The molecule has 6 nitrogen and oxygen atoms in total. The first-order valence-corrected chi connectivity index (χ1v) is 9.35. The fourth-order valence-electron chi connectivity index (χ4n) is 3.24. The highest BCUT2D eigenvalue weighted by Crippen LogP contribution is 2.28. The molecule has 1 aliphatic heterocycles. The number of ether oxygens (including phenoxy) is 2. The molecule has 1 aromatic carbocycles. The van der Waals surface area contributed by atoms with Gasteiger partial charge in [-0.05, 0) is 43.4 Å². The quantitative estimate of drug-likeness (QED) is 0.772. The Balaban J connectivity index is 1.75. The molecule has 1 aromatic rings. The number of carbonyl (C=O) groups excluding carboxylic acids is 2. The minimum absolute atomic E-state index is 0.0538. The maximum Gasteiger partial charge on any atom is 0.222 e. The lowest BCUT2D eigenvalue weighted by atomic mass is 10.0. The highest BCUT2D eigenvalue weighted by atomic mass is 16.5. The molecule has 0 saturated carbocycles. The molecule has 0 aliphatic carbocycles. The standard InChI is InChI=1S/C20H30N2O4/c1-4-5-20(24)22-12-10-16(11-13-22)21-19(23)9-7-15-6-8-17(25-2)18(14-15)26-3/h6,8,14,16H,4-5,7,9-13H2,1-3H3,(H,21,23). The van der Waals surface area contributed by atoms with Crippen molar-refractivity contribution in [1.29, 1.82) is 0 Å². The second kappa shape index (κ2) is 10.0. The molecule has 0 bridgehead atoms. The summed E-state index contributed by atoms with van der Waals surface area (Å²) >= 11 is 0. The van der Waals surface area contributed by atoms with E-state index >= 15 is 0 Å². The van der Waals surface area contributed by atoms with E-state index in [4.69, 9.17) is 9.47 Å². The van der Waals surface area contributed by atoms with Crippen molar-refractivity contribution in [1.82, 2.24) is 10.2 Å². The lowest BCUT2D eigenvalue weighted by Crippen LogP contribution is -2.46. The summed E-state index contributed by atoms with van der Waals surface area (Å²) in [5, 5.41) is 3.10. The molecule has 0 atom stereocenters. The molecule has 0 radical (unpaired) electrons. The number of piperidine rings is 1. The number of methoxy groups -OCH3 is 2. The van der Waals surface area contributed by atoms with Crippen molar-refractivity contribution in [2.45, 2.75) is 51.5 Å². The summed E-state index contributed by atoms with van der Waals surface area (Å²) < 4.78 is 10.5. The number of amides is 2. The molecular formula is C20H30N2O4. The fourth-order valence-corrected chi connectivity index (χ4v) is 3.24. The Morgan fingerprint density at radius 3 is 2.42 bits per heavy atom. The van der Waals surface area contributed by atoms with E-state index in [-0.39, 0.29) is 17.9 Å². The van der Waals surface area contributed by atoms with E-state index in [1.807, 2.05) is 30.0 Å². The van der Waals surface area contributed by atoms with E-state index in [2.05, 4.69) is 5.32 Å². The largest absolute Gasteiger partial charge is 0.493 e. The van der Waals surface area contributed by atoms with Crippen LogP contribution >= 0.6 is 0 Å². The predicted octanol–water partition coefficient (Wildman–Crippen LogP) is 2.54. The summed E-state index contributed by atoms with van der Waals surface area (Å²) in [6.45, 7) is 3.49. The molecule has 2 amide bonds. The molecule has 1 saturated heterocycles. The van der Waals surface area contributed by atoms with Gasteiger partial charge in [0.05, 0.1) is 14.2 Å². The Morgan fingerprint density at radius 1 is 1.12 bits per heavy atom. The van der Waals surface area contributed by atoms with E-state index in [0.29, 0.717) is 30.8 Å². The van der Waals surface area contributed by atoms with Crippen LogP contribution in [0.1, 0.15) is 44.6 Å². The maximum absolute atomic E-state index is 12.2. The molecule has 0 unspecified atom stereocenters. The number of carbonyl (C=O) groups is 2.